The molecule has 0 saturated heterocycles. The first-order valence-electron chi connectivity index (χ1n) is 10.1. The van der Waals surface area contributed by atoms with Crippen molar-refractivity contribution < 1.29 is 59.4 Å². The Morgan fingerprint density at radius 2 is 0.529 bits per heavy atom. The van der Waals surface area contributed by atoms with Gasteiger partial charge in [0.15, 0.2) is 0 Å². The van der Waals surface area contributed by atoms with Crippen molar-refractivity contribution in [3.8, 4) is 0 Å². The van der Waals surface area contributed by atoms with Crippen LogP contribution < -0.4 is 0 Å². The monoisotopic (exact) mass is 564 g/mol. The molecule has 16 heteroatoms. The minimum absolute atomic E-state index is 0.0529. The highest BCUT2D eigenvalue weighted by atomic mass is 33.5. The summed E-state index contributed by atoms with van der Waals surface area (Å²) in [4.78, 5) is 67.4. The van der Waals surface area contributed by atoms with Crippen LogP contribution in [0.25, 0.3) is 0 Å². The highest BCUT2D eigenvalue weighted by Gasteiger charge is 2.49. The Balaban J connectivity index is 6.11. The molecule has 0 amide bonds. The van der Waals surface area contributed by atoms with E-state index in [0.29, 0.717) is 0 Å². The fourth-order valence-corrected chi connectivity index (χ4v) is 26.5. The van der Waals surface area contributed by atoms with Crippen molar-refractivity contribution in [2.75, 3.05) is 37.0 Å². The van der Waals surface area contributed by atoms with E-state index in [1.807, 2.05) is 0 Å². The van der Waals surface area contributed by atoms with Crippen LogP contribution in [0.5, 0.6) is 0 Å². The quantitative estimate of drug-likeness (QED) is 0.0870. The van der Waals surface area contributed by atoms with Crippen molar-refractivity contribution in [2.45, 2.75) is 38.5 Å². The van der Waals surface area contributed by atoms with Crippen LogP contribution in [-0.4, -0.2) is 103 Å². The number of rotatable bonds is 21. The molecule has 194 valence electrons. The van der Waals surface area contributed by atoms with Gasteiger partial charge in [-0.25, -0.2) is 0 Å². The molecule has 0 aromatic carbocycles. The highest BCUT2D eigenvalue weighted by molar-refractivity contribution is 9.16. The largest absolute Gasteiger partial charge is 0.481 e. The minimum Gasteiger partial charge on any atom is -0.481 e. The lowest BCUT2D eigenvalue weighted by atomic mass is 10.5. The number of carbonyl (C=O) groups is 6. The zero-order chi connectivity index (χ0) is 26.4. The second-order valence-electron chi connectivity index (χ2n) is 7.47. The van der Waals surface area contributed by atoms with Crippen molar-refractivity contribution in [2.24, 2.45) is 0 Å². The van der Waals surface area contributed by atoms with Gasteiger partial charge < -0.3 is 30.6 Å². The molecule has 0 atom stereocenters. The van der Waals surface area contributed by atoms with Crippen LogP contribution in [0.1, 0.15) is 38.5 Å². The molecule has 0 unspecified atom stereocenters. The van der Waals surface area contributed by atoms with Crippen LogP contribution >= 0.6 is 33.8 Å². The second-order valence-corrected chi connectivity index (χ2v) is 22.9. The van der Waals surface area contributed by atoms with Gasteiger partial charge in [-0.1, -0.05) is 0 Å². The van der Waals surface area contributed by atoms with Gasteiger partial charge in [0.05, 0.1) is 88.4 Å². The summed E-state index contributed by atoms with van der Waals surface area (Å²) < 4.78 is 0. The molecule has 0 aliphatic rings. The first-order valence-corrected chi connectivity index (χ1v) is 18.2. The summed E-state index contributed by atoms with van der Waals surface area (Å²) in [5.74, 6) is -6.81. The van der Waals surface area contributed by atoms with Crippen LogP contribution in [0.15, 0.2) is 0 Å². The number of carboxylic acids is 6. The molecule has 0 aliphatic carbocycles. The maximum absolute atomic E-state index is 11.2. The van der Waals surface area contributed by atoms with Gasteiger partial charge in [-0.3, -0.25) is 28.8 Å². The average Bonchev–Trinajstić information content (AvgIpc) is 2.72. The fraction of sp³-hybridized carbons (Fsp3) is 0.667. The summed E-state index contributed by atoms with van der Waals surface area (Å²) in [5, 5.41) is 55.1. The molecule has 0 rings (SSSR count). The van der Waals surface area contributed by atoms with Crippen LogP contribution in [-0.2, 0) is 28.8 Å². The summed E-state index contributed by atoms with van der Waals surface area (Å²) in [6.45, 7) is -5.15. The molecule has 0 spiro atoms. The van der Waals surface area contributed by atoms with Gasteiger partial charge in [0.25, 0.3) is 0 Å². The number of aliphatic carboxylic acids is 6. The Bertz CT molecular complexity index is 608. The predicted molar refractivity (Wildman–Crippen MR) is 132 cm³/mol. The van der Waals surface area contributed by atoms with E-state index in [9.17, 15) is 59.4 Å². The Hall–Kier alpha value is -1.62. The highest BCUT2D eigenvalue weighted by Crippen LogP contribution is 2.85. The van der Waals surface area contributed by atoms with Gasteiger partial charge in [0, 0.05) is 0 Å². The molecule has 0 heterocycles. The maximum atomic E-state index is 11.2. The van der Waals surface area contributed by atoms with E-state index < -0.39 is 48.7 Å². The molecule has 12 nitrogen and oxygen atoms in total. The van der Waals surface area contributed by atoms with Crippen molar-refractivity contribution in [3.05, 3.63) is 0 Å². The zero-order valence-electron chi connectivity index (χ0n) is 18.3. The van der Waals surface area contributed by atoms with Crippen LogP contribution in [0.4, 0.5) is 0 Å². The molecule has 0 saturated carbocycles. The third-order valence-corrected chi connectivity index (χ3v) is 25.2. The molecule has 0 aliphatic heterocycles. The molecule has 0 bridgehead atoms. The van der Waals surface area contributed by atoms with E-state index in [0.717, 1.165) is 0 Å². The number of hydrogen-bond acceptors (Lipinski definition) is 8. The Morgan fingerprint density at radius 3 is 0.647 bits per heavy atom. The molecule has 34 heavy (non-hydrogen) atoms. The second kappa shape index (κ2) is 16.1. The lowest BCUT2D eigenvalue weighted by Gasteiger charge is -2.28. The van der Waals surface area contributed by atoms with Crippen LogP contribution in [0.3, 0.4) is 0 Å². The molecule has 0 aromatic rings. The van der Waals surface area contributed by atoms with Crippen molar-refractivity contribution in [3.63, 3.8) is 0 Å². The van der Waals surface area contributed by atoms with Crippen molar-refractivity contribution >= 4 is 69.6 Å². The molecular weight excluding hydrogens is 534 g/mol. The molecule has 6 N–H and O–H groups in total. The smallest absolute Gasteiger partial charge is 0.307 e. The summed E-state index contributed by atoms with van der Waals surface area (Å²) in [6.07, 6.45) is -1.57. The van der Waals surface area contributed by atoms with Crippen molar-refractivity contribution in [1.29, 1.82) is 0 Å². The lowest BCUT2D eigenvalue weighted by molar-refractivity contribution is -0.137. The first kappa shape index (κ1) is 32.4. The van der Waals surface area contributed by atoms with E-state index in [1.165, 1.54) is 20.8 Å². The molecule has 0 aromatic heterocycles. The Morgan fingerprint density at radius 1 is 0.382 bits per heavy atom. The van der Waals surface area contributed by atoms with Crippen LogP contribution in [0, 0.1) is 0 Å². The zero-order valence-corrected chi connectivity index (χ0v) is 21.8. The summed E-state index contributed by atoms with van der Waals surface area (Å²) in [7, 11) is 2.33. The van der Waals surface area contributed by atoms with Gasteiger partial charge in [-0.2, -0.15) is 0 Å². The summed E-state index contributed by atoms with van der Waals surface area (Å²) in [5.41, 5.74) is 0. The standard InChI is InChI=1S/C18H28O12P2S2/c19-13(20)1-7-31(8-2-14(21)22,9-3-15(23)24)33-34-32(10-4-16(25)26,11-5-17(27)28)12-6-18(29)30/h1-12H2,(H4-2,19,20,21,22,23,24,25,26,27,28,29,30)/p+2. The third-order valence-electron chi connectivity index (χ3n) is 4.75. The van der Waals surface area contributed by atoms with E-state index >= 15 is 0 Å². The van der Waals surface area contributed by atoms with Gasteiger partial charge in [-0.15, -0.1) is 0 Å². The summed E-state index contributed by atoms with van der Waals surface area (Å²) in [6, 6.07) is 0. The average molecular weight is 565 g/mol. The minimum atomic E-state index is -2.57. The fourth-order valence-electron chi connectivity index (χ4n) is 2.83. The predicted octanol–water partition coefficient (Wildman–Crippen LogP) is 3.08. The van der Waals surface area contributed by atoms with E-state index in [1.54, 1.807) is 0 Å². The van der Waals surface area contributed by atoms with Crippen molar-refractivity contribution in [1.82, 2.24) is 0 Å². The van der Waals surface area contributed by atoms with E-state index in [2.05, 4.69) is 0 Å². The van der Waals surface area contributed by atoms with Crippen LogP contribution in [0.2, 0.25) is 0 Å². The van der Waals surface area contributed by atoms with Gasteiger partial charge in [0.2, 0.25) is 0 Å². The normalized spacial score (nSPS) is 11.6. The lowest BCUT2D eigenvalue weighted by Crippen LogP contribution is -2.15. The Labute approximate surface area is 204 Å². The third kappa shape index (κ3) is 15.3. The summed E-state index contributed by atoms with van der Waals surface area (Å²) >= 11 is 0. The number of carboxylic acid groups (broad SMARTS) is 6. The van der Waals surface area contributed by atoms with Gasteiger partial charge in [-0.05, 0) is 0 Å². The molecule has 0 fully saturated rings. The van der Waals surface area contributed by atoms with E-state index in [4.69, 9.17) is 0 Å². The first-order chi connectivity index (χ1) is 15.7. The van der Waals surface area contributed by atoms with E-state index in [-0.39, 0.29) is 75.5 Å². The molecular formula is C18H30O12P2S2+2. The SMILES string of the molecule is O=C(O)CC[P+](CCC(=O)O)(CCC(=O)O)SS[P+](CCC(=O)O)(CCC(=O)O)CCC(=O)O. The topological polar surface area (TPSA) is 224 Å². The Kier molecular flexibility index (Phi) is 15.4. The van der Waals surface area contributed by atoms with Gasteiger partial charge in [0.1, 0.15) is 20.8 Å². The van der Waals surface area contributed by atoms with Gasteiger partial charge >= 0.3 is 35.8 Å². The number of hydrogen-bond donors (Lipinski definition) is 6. The molecule has 0 radical (unpaired) electrons. The maximum Gasteiger partial charge on any atom is 0.307 e.